The van der Waals surface area contributed by atoms with Crippen molar-refractivity contribution in [1.82, 2.24) is 25.3 Å². The molecule has 0 aromatic carbocycles. The highest BCUT2D eigenvalue weighted by Gasteiger charge is 2.14. The second kappa shape index (κ2) is 6.82. The average molecular weight is 321 g/mol. The van der Waals surface area contributed by atoms with E-state index < -0.39 is 6.04 Å². The molecule has 0 radical (unpaired) electrons. The molecule has 1 atom stereocenters. The molecular formula is C17H15N5O2. The molecule has 7 heteroatoms. The zero-order valence-corrected chi connectivity index (χ0v) is 12.9. The first-order chi connectivity index (χ1) is 11.6. The van der Waals surface area contributed by atoms with Crippen LogP contribution in [0.1, 0.15) is 29.0 Å². The molecule has 0 saturated carbocycles. The summed E-state index contributed by atoms with van der Waals surface area (Å²) in [5.74, 6) is 0.158. The number of aromatic amines is 1. The fourth-order valence-electron chi connectivity index (χ4n) is 2.20. The molecule has 0 unspecified atom stereocenters. The van der Waals surface area contributed by atoms with Crippen molar-refractivity contribution in [2.45, 2.75) is 13.0 Å². The molecule has 3 aromatic heterocycles. The van der Waals surface area contributed by atoms with Gasteiger partial charge in [-0.3, -0.25) is 19.6 Å². The van der Waals surface area contributed by atoms with Crippen molar-refractivity contribution >= 4 is 5.91 Å². The molecule has 0 spiro atoms. The summed E-state index contributed by atoms with van der Waals surface area (Å²) >= 11 is 0. The maximum absolute atomic E-state index is 12.2. The Hall–Kier alpha value is -3.35. The Bertz CT molecular complexity index is 894. The molecule has 0 fully saturated rings. The second-order valence-corrected chi connectivity index (χ2v) is 5.19. The number of hydrogen-bond donors (Lipinski definition) is 2. The lowest BCUT2D eigenvalue weighted by Gasteiger charge is -2.14. The van der Waals surface area contributed by atoms with Crippen LogP contribution in [0.4, 0.5) is 0 Å². The molecule has 2 N–H and O–H groups in total. The third-order valence-corrected chi connectivity index (χ3v) is 3.43. The molecular weight excluding hydrogens is 306 g/mol. The van der Waals surface area contributed by atoms with Crippen LogP contribution < -0.4 is 10.9 Å². The van der Waals surface area contributed by atoms with Gasteiger partial charge in [0, 0.05) is 42.0 Å². The summed E-state index contributed by atoms with van der Waals surface area (Å²) in [5.41, 5.74) is 1.38. The number of amides is 1. The number of hydrogen-bond acceptors (Lipinski definition) is 5. The molecule has 120 valence electrons. The topological polar surface area (TPSA) is 101 Å². The van der Waals surface area contributed by atoms with E-state index in [1.807, 2.05) is 0 Å². The number of aromatic nitrogens is 4. The largest absolute Gasteiger partial charge is 0.344 e. The number of pyridine rings is 2. The van der Waals surface area contributed by atoms with Crippen molar-refractivity contribution in [1.29, 1.82) is 0 Å². The van der Waals surface area contributed by atoms with Crippen LogP contribution in [0.5, 0.6) is 0 Å². The molecule has 0 aliphatic heterocycles. The van der Waals surface area contributed by atoms with Crippen LogP contribution >= 0.6 is 0 Å². The van der Waals surface area contributed by atoms with Crippen LogP contribution in [0.15, 0.2) is 59.9 Å². The van der Waals surface area contributed by atoms with Crippen molar-refractivity contribution in [2.24, 2.45) is 0 Å². The SMILES string of the molecule is C[C@H](NC(=O)c1ccncc1)c1cc(=O)[nH]c(-c2cccnc2)n1. The van der Waals surface area contributed by atoms with E-state index in [2.05, 4.69) is 25.3 Å². The molecule has 3 aromatic rings. The van der Waals surface area contributed by atoms with Crippen molar-refractivity contribution in [2.75, 3.05) is 0 Å². The van der Waals surface area contributed by atoms with E-state index in [0.29, 0.717) is 22.6 Å². The molecule has 0 bridgehead atoms. The zero-order valence-electron chi connectivity index (χ0n) is 12.9. The highest BCUT2D eigenvalue weighted by atomic mass is 16.1. The first-order valence-electron chi connectivity index (χ1n) is 7.36. The van der Waals surface area contributed by atoms with Crippen molar-refractivity contribution in [3.63, 3.8) is 0 Å². The minimum Gasteiger partial charge on any atom is -0.344 e. The van der Waals surface area contributed by atoms with E-state index in [1.54, 1.807) is 56.0 Å². The van der Waals surface area contributed by atoms with Crippen molar-refractivity contribution in [3.8, 4) is 11.4 Å². The summed E-state index contributed by atoms with van der Waals surface area (Å²) in [5, 5.41) is 2.82. The minimum absolute atomic E-state index is 0.255. The van der Waals surface area contributed by atoms with Crippen LogP contribution in [0.25, 0.3) is 11.4 Å². The first-order valence-corrected chi connectivity index (χ1v) is 7.36. The van der Waals surface area contributed by atoms with E-state index in [-0.39, 0.29) is 11.5 Å². The van der Waals surface area contributed by atoms with E-state index in [1.165, 1.54) is 6.07 Å². The van der Waals surface area contributed by atoms with Crippen molar-refractivity contribution in [3.05, 3.63) is 76.7 Å². The van der Waals surface area contributed by atoms with Gasteiger partial charge in [0.1, 0.15) is 5.82 Å². The smallest absolute Gasteiger partial charge is 0.251 e. The summed E-state index contributed by atoms with van der Waals surface area (Å²) in [4.78, 5) is 39.1. The summed E-state index contributed by atoms with van der Waals surface area (Å²) < 4.78 is 0. The summed E-state index contributed by atoms with van der Waals surface area (Å²) in [6.45, 7) is 1.77. The number of carbonyl (C=O) groups is 1. The highest BCUT2D eigenvalue weighted by molar-refractivity contribution is 5.94. The van der Waals surface area contributed by atoms with Crippen LogP contribution in [-0.2, 0) is 0 Å². The third kappa shape index (κ3) is 3.52. The first kappa shape index (κ1) is 15.5. The molecule has 3 heterocycles. The van der Waals surface area contributed by atoms with Crippen LogP contribution in [0.3, 0.4) is 0 Å². The van der Waals surface area contributed by atoms with Gasteiger partial charge in [-0.25, -0.2) is 4.98 Å². The Kier molecular flexibility index (Phi) is 4.42. The van der Waals surface area contributed by atoms with E-state index in [9.17, 15) is 9.59 Å². The Morgan fingerprint density at radius 3 is 2.67 bits per heavy atom. The predicted molar refractivity (Wildman–Crippen MR) is 88.2 cm³/mol. The van der Waals surface area contributed by atoms with Crippen LogP contribution in [0.2, 0.25) is 0 Å². The van der Waals surface area contributed by atoms with Gasteiger partial charge in [-0.2, -0.15) is 0 Å². The van der Waals surface area contributed by atoms with Crippen molar-refractivity contribution < 1.29 is 4.79 Å². The average Bonchev–Trinajstić information content (AvgIpc) is 2.62. The molecule has 3 rings (SSSR count). The molecule has 0 saturated heterocycles. The third-order valence-electron chi connectivity index (χ3n) is 3.43. The molecule has 24 heavy (non-hydrogen) atoms. The Balaban J connectivity index is 1.85. The number of H-pyrrole nitrogens is 1. The van der Waals surface area contributed by atoms with Gasteiger partial charge in [0.15, 0.2) is 0 Å². The summed E-state index contributed by atoms with van der Waals surface area (Å²) in [7, 11) is 0. The van der Waals surface area contributed by atoms with Gasteiger partial charge in [-0.1, -0.05) is 0 Å². The Labute approximate surface area is 137 Å². The predicted octanol–water partition coefficient (Wildman–Crippen LogP) is 1.72. The van der Waals surface area contributed by atoms with E-state index >= 15 is 0 Å². The zero-order chi connectivity index (χ0) is 16.9. The molecule has 1 amide bonds. The minimum atomic E-state index is -0.427. The van der Waals surface area contributed by atoms with Gasteiger partial charge in [0.2, 0.25) is 0 Å². The quantitative estimate of drug-likeness (QED) is 0.762. The van der Waals surface area contributed by atoms with Crippen LogP contribution in [-0.4, -0.2) is 25.8 Å². The van der Waals surface area contributed by atoms with Gasteiger partial charge in [-0.05, 0) is 31.2 Å². The standard InChI is InChI=1S/C17H15N5O2/c1-11(20-17(24)12-4-7-18-8-5-12)14-9-15(23)22-16(21-14)13-3-2-6-19-10-13/h2-11H,1H3,(H,20,24)(H,21,22,23)/t11-/m0/s1. The van der Waals surface area contributed by atoms with Gasteiger partial charge >= 0.3 is 0 Å². The molecule has 0 aliphatic rings. The molecule has 0 aliphatic carbocycles. The number of nitrogens with one attached hydrogen (secondary N) is 2. The number of nitrogens with zero attached hydrogens (tertiary/aromatic N) is 3. The monoisotopic (exact) mass is 321 g/mol. The fraction of sp³-hybridized carbons (Fsp3) is 0.118. The van der Waals surface area contributed by atoms with E-state index in [0.717, 1.165) is 0 Å². The highest BCUT2D eigenvalue weighted by Crippen LogP contribution is 2.15. The van der Waals surface area contributed by atoms with Gasteiger partial charge < -0.3 is 10.3 Å². The molecule has 7 nitrogen and oxygen atoms in total. The maximum Gasteiger partial charge on any atom is 0.251 e. The van der Waals surface area contributed by atoms with Gasteiger partial charge in [-0.15, -0.1) is 0 Å². The van der Waals surface area contributed by atoms with Crippen LogP contribution in [0, 0.1) is 0 Å². The van der Waals surface area contributed by atoms with E-state index in [4.69, 9.17) is 0 Å². The number of rotatable bonds is 4. The van der Waals surface area contributed by atoms with Gasteiger partial charge in [0.25, 0.3) is 11.5 Å². The lowest BCUT2D eigenvalue weighted by molar-refractivity contribution is 0.0939. The lowest BCUT2D eigenvalue weighted by Crippen LogP contribution is -2.28. The second-order valence-electron chi connectivity index (χ2n) is 5.19. The Morgan fingerprint density at radius 2 is 1.96 bits per heavy atom. The Morgan fingerprint density at radius 1 is 1.17 bits per heavy atom. The summed E-state index contributed by atoms with van der Waals surface area (Å²) in [6, 6.07) is 7.75. The number of carbonyl (C=O) groups excluding carboxylic acids is 1. The maximum atomic E-state index is 12.2. The summed E-state index contributed by atoms with van der Waals surface area (Å²) in [6.07, 6.45) is 6.35. The fourth-order valence-corrected chi connectivity index (χ4v) is 2.20. The normalized spacial score (nSPS) is 11.7. The van der Waals surface area contributed by atoms with Gasteiger partial charge in [0.05, 0.1) is 11.7 Å². The lowest BCUT2D eigenvalue weighted by atomic mass is 10.2.